The first-order chi connectivity index (χ1) is 14.7. The van der Waals surface area contributed by atoms with Crippen molar-refractivity contribution in [2.75, 3.05) is 38.2 Å². The van der Waals surface area contributed by atoms with E-state index in [-0.39, 0.29) is 6.03 Å². The number of anilines is 1. The van der Waals surface area contributed by atoms with Crippen LogP contribution in [0.1, 0.15) is 18.4 Å². The van der Waals surface area contributed by atoms with E-state index in [0.29, 0.717) is 12.5 Å². The quantitative estimate of drug-likeness (QED) is 0.600. The van der Waals surface area contributed by atoms with Crippen LogP contribution in [0.15, 0.2) is 48.5 Å². The predicted molar refractivity (Wildman–Crippen MR) is 123 cm³/mol. The van der Waals surface area contributed by atoms with E-state index >= 15 is 0 Å². The van der Waals surface area contributed by atoms with Crippen LogP contribution >= 0.6 is 11.3 Å². The fourth-order valence-electron chi connectivity index (χ4n) is 3.74. The number of para-hydroxylation sites is 1. The molecule has 0 atom stereocenters. The van der Waals surface area contributed by atoms with Gasteiger partial charge in [0.2, 0.25) is 0 Å². The molecule has 0 bridgehead atoms. The first kappa shape index (κ1) is 20.5. The smallest absolute Gasteiger partial charge is 0.314 e. The summed E-state index contributed by atoms with van der Waals surface area (Å²) in [4.78, 5) is 19.2. The second kappa shape index (κ2) is 9.80. The topological polar surface area (TPSA) is 66.5 Å². The number of thiazole rings is 1. The highest BCUT2D eigenvalue weighted by molar-refractivity contribution is 7.22. The average Bonchev–Trinajstić information content (AvgIpc) is 3.23. The van der Waals surface area contributed by atoms with E-state index in [1.165, 1.54) is 10.3 Å². The molecule has 158 valence electrons. The lowest BCUT2D eigenvalue weighted by atomic mass is 9.97. The van der Waals surface area contributed by atoms with Crippen LogP contribution in [0.25, 0.3) is 10.2 Å². The molecular weight excluding hydrogens is 396 g/mol. The Morgan fingerprint density at radius 1 is 1.13 bits per heavy atom. The number of carbonyl (C=O) groups excluding carboxylic acids is 1. The maximum absolute atomic E-state index is 12.1. The molecule has 2 heterocycles. The molecule has 1 fully saturated rings. The second-order valence-electron chi connectivity index (χ2n) is 7.63. The lowest BCUT2D eigenvalue weighted by Gasteiger charge is -2.31. The largest absolute Gasteiger partial charge is 0.497 e. The number of hydrogen-bond acceptors (Lipinski definition) is 5. The van der Waals surface area contributed by atoms with E-state index < -0.39 is 0 Å². The number of hydrogen-bond donors (Lipinski definition) is 2. The first-order valence-corrected chi connectivity index (χ1v) is 11.3. The number of amides is 2. The number of urea groups is 1. The normalized spacial score (nSPS) is 14.6. The zero-order valence-corrected chi connectivity index (χ0v) is 18.1. The molecule has 7 heteroatoms. The number of piperidine rings is 1. The number of ether oxygens (including phenoxy) is 1. The third-order valence-corrected chi connectivity index (χ3v) is 6.67. The Morgan fingerprint density at radius 3 is 2.63 bits per heavy atom. The average molecular weight is 425 g/mol. The minimum Gasteiger partial charge on any atom is -0.497 e. The molecule has 2 amide bonds. The summed E-state index contributed by atoms with van der Waals surface area (Å²) in [7, 11) is 1.66. The zero-order chi connectivity index (χ0) is 20.8. The molecule has 1 saturated heterocycles. The van der Waals surface area contributed by atoms with Crippen LogP contribution in [-0.2, 0) is 6.42 Å². The van der Waals surface area contributed by atoms with Crippen molar-refractivity contribution < 1.29 is 9.53 Å². The van der Waals surface area contributed by atoms with Crippen molar-refractivity contribution >= 4 is 32.7 Å². The maximum atomic E-state index is 12.1. The summed E-state index contributed by atoms with van der Waals surface area (Å²) in [5.74, 6) is 1.36. The molecule has 0 radical (unpaired) electrons. The van der Waals surface area contributed by atoms with Gasteiger partial charge in [0.25, 0.3) is 0 Å². The van der Waals surface area contributed by atoms with Gasteiger partial charge in [0, 0.05) is 26.2 Å². The van der Waals surface area contributed by atoms with Gasteiger partial charge in [0.1, 0.15) is 5.75 Å². The van der Waals surface area contributed by atoms with Crippen molar-refractivity contribution in [3.8, 4) is 5.75 Å². The fraction of sp³-hybridized carbons (Fsp3) is 0.391. The molecule has 30 heavy (non-hydrogen) atoms. The van der Waals surface area contributed by atoms with Gasteiger partial charge >= 0.3 is 6.03 Å². The van der Waals surface area contributed by atoms with Crippen LogP contribution in [0, 0.1) is 5.92 Å². The van der Waals surface area contributed by atoms with E-state index in [1.807, 2.05) is 30.3 Å². The molecule has 3 aromatic rings. The van der Waals surface area contributed by atoms with E-state index in [2.05, 4.69) is 33.7 Å². The van der Waals surface area contributed by atoms with Crippen molar-refractivity contribution in [2.45, 2.75) is 19.3 Å². The number of nitrogens with one attached hydrogen (secondary N) is 2. The van der Waals surface area contributed by atoms with Crippen molar-refractivity contribution in [2.24, 2.45) is 5.92 Å². The number of rotatable bonds is 7. The van der Waals surface area contributed by atoms with E-state index in [0.717, 1.165) is 55.3 Å². The van der Waals surface area contributed by atoms with Crippen LogP contribution < -0.4 is 20.3 Å². The molecular formula is C23H28N4O2S. The number of aromatic nitrogens is 1. The van der Waals surface area contributed by atoms with Crippen LogP contribution in [0.5, 0.6) is 5.75 Å². The Morgan fingerprint density at radius 2 is 1.90 bits per heavy atom. The molecule has 0 spiro atoms. The Labute approximate surface area is 181 Å². The SMILES string of the molecule is COc1ccc(CCNC(=O)NCC2CCN(c3nc4ccccc4s3)CC2)cc1. The third-order valence-electron chi connectivity index (χ3n) is 5.58. The number of methoxy groups -OCH3 is 1. The molecule has 2 N–H and O–H groups in total. The van der Waals surface area contributed by atoms with Gasteiger partial charge in [-0.15, -0.1) is 0 Å². The maximum Gasteiger partial charge on any atom is 0.314 e. The minimum absolute atomic E-state index is 0.0860. The standard InChI is InChI=1S/C23H28N4O2S/c1-29-19-8-6-17(7-9-19)10-13-24-22(28)25-16-18-11-14-27(15-12-18)23-26-20-4-2-3-5-21(20)30-23/h2-9,18H,10-16H2,1H3,(H2,24,25,28). The highest BCUT2D eigenvalue weighted by Gasteiger charge is 2.22. The molecule has 0 unspecified atom stereocenters. The lowest BCUT2D eigenvalue weighted by molar-refractivity contribution is 0.237. The van der Waals surface area contributed by atoms with Gasteiger partial charge in [-0.05, 0) is 55.0 Å². The van der Waals surface area contributed by atoms with Gasteiger partial charge in [-0.2, -0.15) is 0 Å². The molecule has 0 saturated carbocycles. The van der Waals surface area contributed by atoms with E-state index in [1.54, 1.807) is 18.4 Å². The van der Waals surface area contributed by atoms with Gasteiger partial charge in [-0.25, -0.2) is 9.78 Å². The van der Waals surface area contributed by atoms with Gasteiger partial charge < -0.3 is 20.3 Å². The fourth-order valence-corrected chi connectivity index (χ4v) is 4.75. The molecule has 6 nitrogen and oxygen atoms in total. The molecule has 2 aromatic carbocycles. The number of carbonyl (C=O) groups is 1. The summed E-state index contributed by atoms with van der Waals surface area (Å²) in [6.07, 6.45) is 2.95. The van der Waals surface area contributed by atoms with Gasteiger partial charge in [0.05, 0.1) is 17.3 Å². The number of benzene rings is 2. The molecule has 0 aliphatic carbocycles. The summed E-state index contributed by atoms with van der Waals surface area (Å²) in [6, 6.07) is 16.1. The number of nitrogens with zero attached hydrogens (tertiary/aromatic N) is 2. The Hall–Kier alpha value is -2.80. The third kappa shape index (κ3) is 5.21. The van der Waals surface area contributed by atoms with Gasteiger partial charge in [-0.3, -0.25) is 0 Å². The highest BCUT2D eigenvalue weighted by atomic mass is 32.1. The Kier molecular flexibility index (Phi) is 6.69. The molecule has 4 rings (SSSR count). The Bertz CT molecular complexity index is 932. The van der Waals surface area contributed by atoms with Crippen molar-refractivity contribution in [3.63, 3.8) is 0 Å². The summed E-state index contributed by atoms with van der Waals surface area (Å²) < 4.78 is 6.40. The van der Waals surface area contributed by atoms with E-state index in [9.17, 15) is 4.79 Å². The van der Waals surface area contributed by atoms with Gasteiger partial charge in [-0.1, -0.05) is 35.6 Å². The van der Waals surface area contributed by atoms with Crippen molar-refractivity contribution in [1.82, 2.24) is 15.6 Å². The van der Waals surface area contributed by atoms with Crippen LogP contribution in [0.3, 0.4) is 0 Å². The zero-order valence-electron chi connectivity index (χ0n) is 17.3. The number of fused-ring (bicyclic) bond motifs is 1. The van der Waals surface area contributed by atoms with Crippen LogP contribution in [0.2, 0.25) is 0 Å². The lowest BCUT2D eigenvalue weighted by Crippen LogP contribution is -2.42. The minimum atomic E-state index is -0.0860. The second-order valence-corrected chi connectivity index (χ2v) is 8.64. The summed E-state index contributed by atoms with van der Waals surface area (Å²) in [5.41, 5.74) is 2.26. The van der Waals surface area contributed by atoms with Crippen molar-refractivity contribution in [1.29, 1.82) is 0 Å². The van der Waals surface area contributed by atoms with Crippen molar-refractivity contribution in [3.05, 3.63) is 54.1 Å². The molecule has 1 aromatic heterocycles. The van der Waals surface area contributed by atoms with E-state index in [4.69, 9.17) is 9.72 Å². The molecule has 1 aliphatic heterocycles. The highest BCUT2D eigenvalue weighted by Crippen LogP contribution is 2.31. The first-order valence-electron chi connectivity index (χ1n) is 10.5. The Balaban J connectivity index is 1.15. The predicted octanol–water partition coefficient (Wildman–Crippen LogP) is 4.06. The summed E-state index contributed by atoms with van der Waals surface area (Å²) in [6.45, 7) is 3.33. The summed E-state index contributed by atoms with van der Waals surface area (Å²) in [5, 5.41) is 7.09. The van der Waals surface area contributed by atoms with Gasteiger partial charge in [0.15, 0.2) is 5.13 Å². The summed E-state index contributed by atoms with van der Waals surface area (Å²) >= 11 is 1.76. The monoisotopic (exact) mass is 424 g/mol. The molecule has 1 aliphatic rings. The van der Waals surface area contributed by atoms with Crippen LogP contribution in [0.4, 0.5) is 9.93 Å². The van der Waals surface area contributed by atoms with Crippen LogP contribution in [-0.4, -0.2) is 44.3 Å².